The molecule has 1 aliphatic carbocycles. The normalized spacial score (nSPS) is 24.9. The van der Waals surface area contributed by atoms with Crippen LogP contribution in [0.3, 0.4) is 0 Å². The van der Waals surface area contributed by atoms with Gasteiger partial charge in [-0.2, -0.15) is 0 Å². The number of aromatic nitrogens is 1. The van der Waals surface area contributed by atoms with Crippen molar-refractivity contribution < 1.29 is 28.6 Å². The van der Waals surface area contributed by atoms with E-state index in [9.17, 15) is 33.4 Å². The van der Waals surface area contributed by atoms with E-state index in [1.807, 2.05) is 0 Å². The quantitative estimate of drug-likeness (QED) is 0.672. The molecular weight excluding hydrogens is 422 g/mol. The maximum atomic E-state index is 13.8. The molecule has 1 aliphatic heterocycles. The molecule has 1 aromatic heterocycles. The van der Waals surface area contributed by atoms with Crippen LogP contribution in [0.2, 0.25) is 0 Å². The summed E-state index contributed by atoms with van der Waals surface area (Å²) in [6, 6.07) is 2.89. The minimum Gasteiger partial charge on any atom is -0.503 e. The predicted molar refractivity (Wildman–Crippen MR) is 110 cm³/mol. The van der Waals surface area contributed by atoms with E-state index < -0.39 is 51.1 Å². The van der Waals surface area contributed by atoms with Gasteiger partial charge in [0, 0.05) is 24.4 Å². The number of carbonyl (C=O) groups excluding carboxylic acids is 2. The fraction of sp³-hybridized carbons (Fsp3) is 0.435. The number of amides is 1. The summed E-state index contributed by atoms with van der Waals surface area (Å²) in [5, 5.41) is 24.3. The third-order valence-corrected chi connectivity index (χ3v) is 6.90. The summed E-state index contributed by atoms with van der Waals surface area (Å²) in [5.74, 6) is -3.87. The Morgan fingerprint density at radius 1 is 1.19 bits per heavy atom. The minimum absolute atomic E-state index is 0.0146. The molecule has 7 nitrogen and oxygen atoms in total. The number of benzene rings is 1. The molecule has 0 spiro atoms. The van der Waals surface area contributed by atoms with E-state index in [0.717, 1.165) is 31.5 Å². The van der Waals surface area contributed by atoms with Crippen molar-refractivity contribution in [1.29, 1.82) is 0 Å². The van der Waals surface area contributed by atoms with Crippen molar-refractivity contribution in [2.75, 3.05) is 0 Å². The summed E-state index contributed by atoms with van der Waals surface area (Å²) < 4.78 is 28.1. The van der Waals surface area contributed by atoms with Gasteiger partial charge < -0.3 is 20.1 Å². The first kappa shape index (κ1) is 22.1. The maximum Gasteiger partial charge on any atom is 0.257 e. The smallest absolute Gasteiger partial charge is 0.257 e. The molecule has 2 aliphatic rings. The number of Topliss-reactive ketones (excluding diaryl/α,β-unsaturated/α-hetero) is 1. The van der Waals surface area contributed by atoms with Gasteiger partial charge >= 0.3 is 0 Å². The number of rotatable bonds is 3. The fourth-order valence-electron chi connectivity index (χ4n) is 4.81. The van der Waals surface area contributed by atoms with Crippen LogP contribution in [0.25, 0.3) is 0 Å². The first-order chi connectivity index (χ1) is 15.1. The summed E-state index contributed by atoms with van der Waals surface area (Å²) in [6.45, 7) is 1.30. The van der Waals surface area contributed by atoms with Crippen LogP contribution >= 0.6 is 0 Å². The molecule has 0 radical (unpaired) electrons. The largest absolute Gasteiger partial charge is 0.503 e. The molecule has 0 saturated heterocycles. The molecule has 2 atom stereocenters. The zero-order valence-corrected chi connectivity index (χ0v) is 17.6. The number of aliphatic hydroxyl groups is 1. The van der Waals surface area contributed by atoms with E-state index in [4.69, 9.17) is 0 Å². The lowest BCUT2D eigenvalue weighted by Gasteiger charge is -2.47. The average Bonchev–Trinajstić information content (AvgIpc) is 2.89. The monoisotopic (exact) mass is 446 g/mol. The predicted octanol–water partition coefficient (Wildman–Crippen LogP) is 2.66. The second kappa shape index (κ2) is 7.81. The van der Waals surface area contributed by atoms with E-state index in [1.165, 1.54) is 10.6 Å². The molecule has 9 heteroatoms. The van der Waals surface area contributed by atoms with Crippen molar-refractivity contribution in [2.24, 2.45) is 5.41 Å². The molecule has 2 heterocycles. The number of fused-ring (bicyclic) bond motifs is 2. The Bertz CT molecular complexity index is 1180. The average molecular weight is 446 g/mol. The van der Waals surface area contributed by atoms with Gasteiger partial charge in [0.05, 0.1) is 17.6 Å². The molecule has 1 saturated carbocycles. The number of nitrogens with one attached hydrogen (secondary N) is 1. The molecule has 0 unspecified atom stereocenters. The van der Waals surface area contributed by atoms with Crippen LogP contribution in [0.15, 0.2) is 29.2 Å². The van der Waals surface area contributed by atoms with Crippen molar-refractivity contribution in [1.82, 2.24) is 9.88 Å². The fourth-order valence-corrected chi connectivity index (χ4v) is 4.81. The molecule has 170 valence electrons. The Labute approximate surface area is 182 Å². The van der Waals surface area contributed by atoms with Crippen LogP contribution in [0.1, 0.15) is 65.4 Å². The molecule has 0 bridgehead atoms. The van der Waals surface area contributed by atoms with Gasteiger partial charge in [-0.05, 0) is 25.8 Å². The van der Waals surface area contributed by atoms with E-state index in [-0.39, 0.29) is 24.3 Å². The van der Waals surface area contributed by atoms with Crippen LogP contribution in [0, 0.1) is 17.0 Å². The third-order valence-electron chi connectivity index (χ3n) is 6.90. The molecule has 1 aromatic carbocycles. The molecule has 1 fully saturated rings. The summed E-state index contributed by atoms with van der Waals surface area (Å²) in [6.07, 6.45) is 4.30. The van der Waals surface area contributed by atoms with Gasteiger partial charge in [0.2, 0.25) is 5.43 Å². The van der Waals surface area contributed by atoms with Gasteiger partial charge in [0.1, 0.15) is 22.9 Å². The summed E-state index contributed by atoms with van der Waals surface area (Å²) in [5.41, 5.74) is -4.19. The van der Waals surface area contributed by atoms with Gasteiger partial charge in [0.25, 0.3) is 5.91 Å². The van der Waals surface area contributed by atoms with Gasteiger partial charge in [0.15, 0.2) is 11.5 Å². The first-order valence-electron chi connectivity index (χ1n) is 10.5. The molecule has 32 heavy (non-hydrogen) atoms. The Hall–Kier alpha value is -3.07. The van der Waals surface area contributed by atoms with Crippen molar-refractivity contribution >= 4 is 11.7 Å². The van der Waals surface area contributed by atoms with Crippen LogP contribution in [-0.2, 0) is 13.1 Å². The van der Waals surface area contributed by atoms with E-state index in [1.54, 1.807) is 6.92 Å². The van der Waals surface area contributed by atoms with Gasteiger partial charge in [-0.25, -0.2) is 8.78 Å². The number of aromatic hydroxyl groups is 1. The Morgan fingerprint density at radius 2 is 1.91 bits per heavy atom. The number of carbonyl (C=O) groups is 2. The summed E-state index contributed by atoms with van der Waals surface area (Å²) in [7, 11) is 0. The van der Waals surface area contributed by atoms with Crippen LogP contribution < -0.4 is 10.7 Å². The van der Waals surface area contributed by atoms with Gasteiger partial charge in [-0.15, -0.1) is 0 Å². The highest BCUT2D eigenvalue weighted by molar-refractivity contribution is 6.04. The lowest BCUT2D eigenvalue weighted by molar-refractivity contribution is -0.0832. The van der Waals surface area contributed by atoms with E-state index >= 15 is 0 Å². The van der Waals surface area contributed by atoms with Crippen LogP contribution in [-0.4, -0.2) is 32.1 Å². The zero-order valence-electron chi connectivity index (χ0n) is 17.6. The lowest BCUT2D eigenvalue weighted by atomic mass is 9.64. The topological polar surface area (TPSA) is 109 Å². The Kier molecular flexibility index (Phi) is 5.40. The number of hydrogen-bond acceptors (Lipinski definition) is 5. The van der Waals surface area contributed by atoms with Crippen molar-refractivity contribution in [3.63, 3.8) is 0 Å². The molecular formula is C23H24F2N2O5. The van der Waals surface area contributed by atoms with E-state index in [2.05, 4.69) is 5.32 Å². The van der Waals surface area contributed by atoms with Crippen molar-refractivity contribution in [3.05, 3.63) is 63.1 Å². The molecule has 4 rings (SSSR count). The third kappa shape index (κ3) is 3.40. The summed E-state index contributed by atoms with van der Waals surface area (Å²) >= 11 is 0. The number of pyridine rings is 1. The molecule has 1 amide bonds. The number of halogens is 2. The number of nitrogens with zero attached hydrogens (tertiary/aromatic N) is 1. The number of hydrogen-bond donors (Lipinski definition) is 3. The highest BCUT2D eigenvalue weighted by Gasteiger charge is 2.56. The molecule has 2 aromatic rings. The minimum atomic E-state index is -1.37. The van der Waals surface area contributed by atoms with Gasteiger partial charge in [-0.1, -0.05) is 25.3 Å². The molecule has 3 N–H and O–H groups in total. The number of ketones is 1. The van der Waals surface area contributed by atoms with Gasteiger partial charge in [-0.3, -0.25) is 14.4 Å². The van der Waals surface area contributed by atoms with Crippen LogP contribution in [0.4, 0.5) is 8.78 Å². The van der Waals surface area contributed by atoms with Crippen LogP contribution in [0.5, 0.6) is 5.75 Å². The second-order valence-electron chi connectivity index (χ2n) is 8.87. The highest BCUT2D eigenvalue weighted by atomic mass is 19.1. The first-order valence-corrected chi connectivity index (χ1v) is 10.5. The lowest BCUT2D eigenvalue weighted by Crippen LogP contribution is -2.58. The van der Waals surface area contributed by atoms with Crippen molar-refractivity contribution in [2.45, 2.75) is 57.7 Å². The summed E-state index contributed by atoms with van der Waals surface area (Å²) in [4.78, 5) is 38.6. The SMILES string of the molecule is C[C@]12CCCCC[C@@]1(O)Cn1cc(C(=O)NCc3ccc(F)cc3F)c(=O)c(O)c1C2=O. The van der Waals surface area contributed by atoms with Crippen molar-refractivity contribution in [3.8, 4) is 5.75 Å². The maximum absolute atomic E-state index is 13.8. The Morgan fingerprint density at radius 3 is 2.62 bits per heavy atom. The highest BCUT2D eigenvalue weighted by Crippen LogP contribution is 2.49. The second-order valence-corrected chi connectivity index (χ2v) is 8.87. The Balaban J connectivity index is 1.68. The van der Waals surface area contributed by atoms with E-state index in [0.29, 0.717) is 18.9 Å². The zero-order chi connectivity index (χ0) is 23.3. The standard InChI is InChI=1S/C23H24F2N2O5/c1-22-7-3-2-4-8-23(22,32)12-27-11-15(18(28)19(29)17(27)20(22)30)21(31)26-10-13-5-6-14(24)9-16(13)25/h5-6,9,11,29,32H,2-4,7-8,10,12H2,1H3,(H,26,31)/t22-,23-/m1/s1.